The molecule has 0 bridgehead atoms. The summed E-state index contributed by atoms with van der Waals surface area (Å²) in [6, 6.07) is 9.71. The average molecular weight is 451 g/mol. The van der Waals surface area contributed by atoms with Gasteiger partial charge in [-0.2, -0.15) is 0 Å². The zero-order valence-electron chi connectivity index (χ0n) is 16.9. The van der Waals surface area contributed by atoms with Crippen LogP contribution >= 0.6 is 23.5 Å². The van der Waals surface area contributed by atoms with Gasteiger partial charge in [0.1, 0.15) is 10.7 Å². The van der Waals surface area contributed by atoms with E-state index < -0.39 is 24.0 Å². The first-order valence-corrected chi connectivity index (χ1v) is 11.9. The third kappa shape index (κ3) is 3.82. The number of hydrogen-bond acceptors (Lipinski definition) is 8. The topological polar surface area (TPSA) is 81.8 Å². The highest BCUT2D eigenvalue weighted by Crippen LogP contribution is 2.43. The Kier molecular flexibility index (Phi) is 6.31. The first-order chi connectivity index (χ1) is 14.5. The van der Waals surface area contributed by atoms with E-state index in [-0.39, 0.29) is 12.3 Å². The highest BCUT2D eigenvalue weighted by molar-refractivity contribution is 7.99. The van der Waals surface area contributed by atoms with Crippen molar-refractivity contribution >= 4 is 29.2 Å². The summed E-state index contributed by atoms with van der Waals surface area (Å²) >= 11 is 2.77. The molecule has 1 fully saturated rings. The maximum atomic E-state index is 15.3. The summed E-state index contributed by atoms with van der Waals surface area (Å²) in [7, 11) is 0. The molecule has 0 amide bonds. The summed E-state index contributed by atoms with van der Waals surface area (Å²) in [6.07, 6.45) is 2.86. The summed E-state index contributed by atoms with van der Waals surface area (Å²) in [5.74, 6) is -2.74. The smallest absolute Gasteiger partial charge is 0.244 e. The number of alkyl halides is 1. The van der Waals surface area contributed by atoms with Crippen molar-refractivity contribution in [3.8, 4) is 0 Å². The predicted octanol–water partition coefficient (Wildman–Crippen LogP) is 3.30. The Labute approximate surface area is 182 Å². The van der Waals surface area contributed by atoms with Gasteiger partial charge in [0.05, 0.1) is 25.5 Å². The maximum Gasteiger partial charge on any atom is 0.244 e. The van der Waals surface area contributed by atoms with Crippen LogP contribution in [0.15, 0.2) is 46.7 Å². The highest BCUT2D eigenvalue weighted by atomic mass is 32.2. The Morgan fingerprint density at radius 2 is 2.03 bits per heavy atom. The van der Waals surface area contributed by atoms with Crippen molar-refractivity contribution in [1.29, 1.82) is 0 Å². The van der Waals surface area contributed by atoms with Crippen molar-refractivity contribution in [3.63, 3.8) is 0 Å². The van der Waals surface area contributed by atoms with Gasteiger partial charge in [-0.25, -0.2) is 18.9 Å². The molecule has 3 aromatic rings. The van der Waals surface area contributed by atoms with Gasteiger partial charge in [-0.1, -0.05) is 49.0 Å². The van der Waals surface area contributed by atoms with Crippen LogP contribution in [0.2, 0.25) is 0 Å². The molecule has 1 saturated heterocycles. The Balaban J connectivity index is 1.58. The molecule has 0 saturated carbocycles. The summed E-state index contributed by atoms with van der Waals surface area (Å²) in [5.41, 5.74) is 1.62. The van der Waals surface area contributed by atoms with Crippen molar-refractivity contribution in [2.24, 2.45) is 5.92 Å². The molecule has 1 N–H and O–H groups in total. The van der Waals surface area contributed by atoms with Gasteiger partial charge in [-0.15, -0.1) is 16.9 Å². The van der Waals surface area contributed by atoms with Gasteiger partial charge in [-0.05, 0) is 18.1 Å². The van der Waals surface area contributed by atoms with Gasteiger partial charge in [0.2, 0.25) is 10.9 Å². The maximum absolute atomic E-state index is 15.3. The summed E-state index contributed by atoms with van der Waals surface area (Å²) in [4.78, 5) is 8.73. The van der Waals surface area contributed by atoms with Crippen molar-refractivity contribution in [2.75, 3.05) is 19.1 Å². The fraction of sp³-hybridized carbons (Fsp3) is 0.450. The van der Waals surface area contributed by atoms with E-state index in [2.05, 4.69) is 15.1 Å². The van der Waals surface area contributed by atoms with Crippen molar-refractivity contribution in [1.82, 2.24) is 19.6 Å². The van der Waals surface area contributed by atoms with Crippen LogP contribution in [0.5, 0.6) is 0 Å². The first kappa shape index (κ1) is 21.5. The van der Waals surface area contributed by atoms with E-state index in [0.29, 0.717) is 22.4 Å². The summed E-state index contributed by atoms with van der Waals surface area (Å²) in [6.45, 7) is 2.26. The molecule has 1 aliphatic heterocycles. The predicted molar refractivity (Wildman–Crippen MR) is 113 cm³/mol. The van der Waals surface area contributed by atoms with Crippen LogP contribution in [0.25, 0.3) is 5.65 Å². The minimum Gasteiger partial charge on any atom is -0.374 e. The van der Waals surface area contributed by atoms with E-state index in [1.54, 1.807) is 6.92 Å². The van der Waals surface area contributed by atoms with Crippen LogP contribution in [-0.2, 0) is 21.9 Å². The number of benzene rings is 1. The number of rotatable bonds is 7. The average Bonchev–Trinajstić information content (AvgIpc) is 3.30. The monoisotopic (exact) mass is 450 g/mol. The van der Waals surface area contributed by atoms with E-state index in [0.717, 1.165) is 5.56 Å². The Bertz CT molecular complexity index is 1020. The van der Waals surface area contributed by atoms with E-state index in [1.165, 1.54) is 34.2 Å². The van der Waals surface area contributed by atoms with Crippen LogP contribution in [0.4, 0.5) is 4.39 Å². The van der Waals surface area contributed by atoms with E-state index in [4.69, 9.17) is 9.47 Å². The van der Waals surface area contributed by atoms with Gasteiger partial charge in [0.25, 0.3) is 0 Å². The van der Waals surface area contributed by atoms with E-state index in [9.17, 15) is 5.11 Å². The number of imidazole rings is 1. The highest BCUT2D eigenvalue weighted by Gasteiger charge is 2.56. The normalized spacial score (nSPS) is 26.5. The Morgan fingerprint density at radius 1 is 1.27 bits per heavy atom. The van der Waals surface area contributed by atoms with Gasteiger partial charge in [0.15, 0.2) is 11.8 Å². The number of nitrogens with zero attached hydrogens (tertiary/aromatic N) is 4. The lowest BCUT2D eigenvalue weighted by molar-refractivity contribution is -0.232. The van der Waals surface area contributed by atoms with Crippen LogP contribution in [0.1, 0.15) is 18.2 Å². The van der Waals surface area contributed by atoms with Gasteiger partial charge < -0.3 is 14.6 Å². The molecule has 0 radical (unpaired) electrons. The second-order valence-electron chi connectivity index (χ2n) is 7.10. The number of aliphatic hydroxyl groups is 1. The zero-order chi connectivity index (χ0) is 21.3. The second-order valence-corrected chi connectivity index (χ2v) is 8.67. The molecule has 3 heterocycles. The molecule has 7 nitrogen and oxygen atoms in total. The summed E-state index contributed by atoms with van der Waals surface area (Å²) in [5, 5.41) is 16.8. The molecule has 2 aromatic heterocycles. The third-order valence-corrected chi connectivity index (χ3v) is 6.40. The molecule has 1 aromatic carbocycles. The van der Waals surface area contributed by atoms with Crippen molar-refractivity contribution in [2.45, 2.75) is 41.8 Å². The zero-order valence-corrected chi connectivity index (χ0v) is 18.5. The largest absolute Gasteiger partial charge is 0.374 e. The molecular weight excluding hydrogens is 427 g/mol. The van der Waals surface area contributed by atoms with Crippen molar-refractivity contribution in [3.05, 3.63) is 47.8 Å². The molecule has 0 aliphatic carbocycles. The number of thioether (sulfide) groups is 2. The molecule has 10 heteroatoms. The second kappa shape index (κ2) is 8.80. The number of aromatic nitrogens is 4. The lowest BCUT2D eigenvalue weighted by Crippen LogP contribution is -2.37. The standard InChI is InChI=1S/C20H23FN4O3S2/c1-12-14(11-27-10-13-7-5-4-6-8-13)28-20(26,16(12)21)15-9-22-17-18(29-2)23-19(30-3)24-25(15)17/h4-9,12,14,16,26H,10-11H2,1-3H3/t12-,14-,16-,20+/m1/s1. The van der Waals surface area contributed by atoms with Crippen LogP contribution in [0.3, 0.4) is 0 Å². The number of fused-ring (bicyclic) bond motifs is 1. The molecule has 4 rings (SSSR count). The fourth-order valence-corrected chi connectivity index (χ4v) is 4.41. The number of ether oxygens (including phenoxy) is 2. The summed E-state index contributed by atoms with van der Waals surface area (Å²) < 4.78 is 28.3. The molecule has 30 heavy (non-hydrogen) atoms. The third-order valence-electron chi connectivity index (χ3n) is 5.20. The van der Waals surface area contributed by atoms with Gasteiger partial charge >= 0.3 is 0 Å². The van der Waals surface area contributed by atoms with E-state index in [1.807, 2.05) is 42.8 Å². The lowest BCUT2D eigenvalue weighted by atomic mass is 9.96. The van der Waals surface area contributed by atoms with Gasteiger partial charge in [-0.3, -0.25) is 0 Å². The quantitative estimate of drug-likeness (QED) is 0.549. The van der Waals surface area contributed by atoms with Crippen LogP contribution < -0.4 is 0 Å². The molecule has 160 valence electrons. The van der Waals surface area contributed by atoms with Gasteiger partial charge in [0, 0.05) is 5.92 Å². The SMILES string of the molecule is CSc1nc(SC)c2ncc([C@]3(O)O[C@H](COCc4ccccc4)[C@@H](C)[C@H]3F)n2n1. The molecule has 1 aliphatic rings. The minimum absolute atomic E-state index is 0.149. The Hall–Kier alpha value is -1.72. The molecular formula is C20H23FN4O3S2. The van der Waals surface area contributed by atoms with Crippen LogP contribution in [0, 0.1) is 5.92 Å². The first-order valence-electron chi connectivity index (χ1n) is 9.48. The fourth-order valence-electron chi connectivity index (χ4n) is 3.51. The lowest BCUT2D eigenvalue weighted by Gasteiger charge is -2.24. The molecule has 4 atom stereocenters. The molecule has 0 spiro atoms. The Morgan fingerprint density at radius 3 is 2.73 bits per heavy atom. The number of hydrogen-bond donors (Lipinski definition) is 1. The van der Waals surface area contributed by atoms with Crippen molar-refractivity contribution < 1.29 is 19.0 Å². The van der Waals surface area contributed by atoms with Crippen LogP contribution in [-0.4, -0.2) is 56.1 Å². The number of halogens is 1. The minimum atomic E-state index is -2.17. The molecule has 0 unspecified atom stereocenters. The van der Waals surface area contributed by atoms with E-state index >= 15 is 4.39 Å².